The van der Waals surface area contributed by atoms with Crippen LogP contribution in [0.2, 0.25) is 0 Å². The van der Waals surface area contributed by atoms with Crippen LogP contribution in [0.5, 0.6) is 0 Å². The summed E-state index contributed by atoms with van der Waals surface area (Å²) in [6, 6.07) is 10.3. The van der Waals surface area contributed by atoms with Crippen molar-refractivity contribution in [3.05, 3.63) is 35.9 Å². The van der Waals surface area contributed by atoms with Gasteiger partial charge in [0.05, 0.1) is 12.6 Å². The van der Waals surface area contributed by atoms with E-state index >= 15 is 0 Å². The van der Waals surface area contributed by atoms with Crippen LogP contribution < -0.4 is 5.32 Å². The Morgan fingerprint density at radius 2 is 1.86 bits per heavy atom. The molecule has 3 rings (SSSR count). The van der Waals surface area contributed by atoms with E-state index in [0.29, 0.717) is 13.1 Å². The molecule has 2 saturated heterocycles. The minimum Gasteiger partial charge on any atom is -0.394 e. The second kappa shape index (κ2) is 8.48. The number of nitrogens with one attached hydrogen (secondary N) is 1. The van der Waals surface area contributed by atoms with Crippen LogP contribution in [-0.4, -0.2) is 53.0 Å². The molecule has 0 spiro atoms. The lowest BCUT2D eigenvalue weighted by molar-refractivity contribution is -0.111. The fourth-order valence-corrected chi connectivity index (χ4v) is 3.60. The van der Waals surface area contributed by atoms with Crippen molar-refractivity contribution in [2.45, 2.75) is 36.9 Å². The van der Waals surface area contributed by atoms with Crippen molar-refractivity contribution >= 4 is 24.8 Å². The normalized spacial score (nSPS) is 25.3. The molecule has 0 bridgehead atoms. The predicted octanol–water partition coefficient (Wildman–Crippen LogP) is 1.75. The molecule has 4 nitrogen and oxygen atoms in total. The van der Waals surface area contributed by atoms with Gasteiger partial charge in [0, 0.05) is 19.1 Å². The van der Waals surface area contributed by atoms with Gasteiger partial charge in [-0.2, -0.15) is 0 Å². The van der Waals surface area contributed by atoms with Gasteiger partial charge in [0.25, 0.3) is 0 Å². The van der Waals surface area contributed by atoms with Crippen molar-refractivity contribution in [2.24, 2.45) is 0 Å². The molecule has 0 radical (unpaired) electrons. The highest BCUT2D eigenvalue weighted by Gasteiger charge is 2.47. The summed E-state index contributed by atoms with van der Waals surface area (Å²) in [4.78, 5) is 2.32. The first-order valence-corrected chi connectivity index (χ1v) is 7.59. The number of nitrogens with zero attached hydrogens (tertiary/aromatic N) is 1. The summed E-state index contributed by atoms with van der Waals surface area (Å²) in [7, 11) is 0. The molecule has 2 atom stereocenters. The van der Waals surface area contributed by atoms with E-state index in [2.05, 4.69) is 22.3 Å². The lowest BCUT2D eigenvalue weighted by Gasteiger charge is -2.52. The third-order valence-corrected chi connectivity index (χ3v) is 4.78. The highest BCUT2D eigenvalue weighted by molar-refractivity contribution is 5.85. The minimum atomic E-state index is -0.622. The number of likely N-dealkylation sites (tertiary alicyclic amines) is 1. The molecule has 2 fully saturated rings. The summed E-state index contributed by atoms with van der Waals surface area (Å²) in [6.45, 7) is 2.39. The maximum absolute atomic E-state index is 10.7. The zero-order valence-corrected chi connectivity index (χ0v) is 14.3. The number of β-amino-alcohol motifs (C(OH)–C–C–N with tert-alkyl or cyclic N) is 1. The zero-order valence-electron chi connectivity index (χ0n) is 12.6. The monoisotopic (exact) mass is 348 g/mol. The molecular formula is C16H26Cl2N2O2. The summed E-state index contributed by atoms with van der Waals surface area (Å²) >= 11 is 0. The Morgan fingerprint density at radius 3 is 2.41 bits per heavy atom. The van der Waals surface area contributed by atoms with Crippen molar-refractivity contribution in [3.8, 4) is 0 Å². The molecule has 2 aliphatic rings. The molecular weight excluding hydrogens is 323 g/mol. The van der Waals surface area contributed by atoms with Crippen molar-refractivity contribution < 1.29 is 10.2 Å². The summed E-state index contributed by atoms with van der Waals surface area (Å²) < 4.78 is 0. The Hall–Kier alpha value is -0.360. The van der Waals surface area contributed by atoms with Gasteiger partial charge in [-0.05, 0) is 24.9 Å². The molecule has 0 amide bonds. The van der Waals surface area contributed by atoms with Crippen LogP contribution in [0.15, 0.2) is 30.3 Å². The van der Waals surface area contributed by atoms with Gasteiger partial charge in [-0.3, -0.25) is 4.90 Å². The van der Waals surface area contributed by atoms with Crippen LogP contribution in [0, 0.1) is 0 Å². The van der Waals surface area contributed by atoms with E-state index in [0.717, 1.165) is 31.4 Å². The summed E-state index contributed by atoms with van der Waals surface area (Å²) in [5, 5.41) is 23.8. The molecule has 3 N–H and O–H groups in total. The summed E-state index contributed by atoms with van der Waals surface area (Å²) in [5.74, 6) is 0. The molecule has 0 aromatic heterocycles. The van der Waals surface area contributed by atoms with Crippen LogP contribution in [0.1, 0.15) is 30.9 Å². The largest absolute Gasteiger partial charge is 0.394 e. The number of hydrogen-bond acceptors (Lipinski definition) is 4. The lowest BCUT2D eigenvalue weighted by atomic mass is 9.80. The number of aliphatic hydroxyl groups is 2. The van der Waals surface area contributed by atoms with Crippen molar-refractivity contribution in [1.29, 1.82) is 0 Å². The number of benzene rings is 1. The van der Waals surface area contributed by atoms with Gasteiger partial charge in [-0.1, -0.05) is 36.8 Å². The van der Waals surface area contributed by atoms with Gasteiger partial charge in [-0.25, -0.2) is 0 Å². The number of hydrogen-bond donors (Lipinski definition) is 3. The van der Waals surface area contributed by atoms with E-state index in [1.54, 1.807) is 0 Å². The Kier molecular flexibility index (Phi) is 7.59. The average molecular weight is 349 g/mol. The quantitative estimate of drug-likeness (QED) is 0.775. The first-order valence-electron chi connectivity index (χ1n) is 7.59. The molecule has 2 aliphatic heterocycles. The first-order chi connectivity index (χ1) is 9.74. The van der Waals surface area contributed by atoms with Crippen LogP contribution in [0.4, 0.5) is 0 Å². The Bertz CT molecular complexity index is 443. The van der Waals surface area contributed by atoms with Crippen molar-refractivity contribution in [1.82, 2.24) is 10.2 Å². The van der Waals surface area contributed by atoms with Crippen molar-refractivity contribution in [2.75, 3.05) is 26.2 Å². The van der Waals surface area contributed by atoms with Crippen LogP contribution in [0.25, 0.3) is 0 Å². The van der Waals surface area contributed by atoms with Gasteiger partial charge in [0.1, 0.15) is 5.60 Å². The average Bonchev–Trinajstić information content (AvgIpc) is 2.47. The van der Waals surface area contributed by atoms with E-state index in [9.17, 15) is 10.2 Å². The van der Waals surface area contributed by atoms with E-state index < -0.39 is 5.60 Å². The Morgan fingerprint density at radius 1 is 1.18 bits per heavy atom. The smallest absolute Gasteiger partial charge is 0.105 e. The second-order valence-corrected chi connectivity index (χ2v) is 6.07. The van der Waals surface area contributed by atoms with E-state index in [-0.39, 0.29) is 43.5 Å². The number of aliphatic hydroxyl groups excluding tert-OH is 1. The van der Waals surface area contributed by atoms with Gasteiger partial charge in [0.15, 0.2) is 0 Å². The number of rotatable bonds is 4. The predicted molar refractivity (Wildman–Crippen MR) is 92.9 cm³/mol. The van der Waals surface area contributed by atoms with E-state index in [1.807, 2.05) is 18.2 Å². The highest BCUT2D eigenvalue weighted by Crippen LogP contribution is 2.35. The molecule has 126 valence electrons. The molecule has 0 saturated carbocycles. The molecule has 0 aliphatic carbocycles. The van der Waals surface area contributed by atoms with Gasteiger partial charge < -0.3 is 15.5 Å². The highest BCUT2D eigenvalue weighted by atomic mass is 35.5. The molecule has 1 aromatic carbocycles. The molecule has 1 aromatic rings. The fourth-order valence-electron chi connectivity index (χ4n) is 3.60. The molecule has 1 unspecified atom stereocenters. The number of halogens is 2. The van der Waals surface area contributed by atoms with Crippen LogP contribution in [0.3, 0.4) is 0 Å². The summed E-state index contributed by atoms with van der Waals surface area (Å²) in [6.07, 6.45) is 3.32. The minimum absolute atomic E-state index is 0. The molecule has 2 heterocycles. The fraction of sp³-hybridized carbons (Fsp3) is 0.625. The van der Waals surface area contributed by atoms with Crippen molar-refractivity contribution in [3.63, 3.8) is 0 Å². The Labute approximate surface area is 144 Å². The maximum Gasteiger partial charge on any atom is 0.105 e. The Balaban J connectivity index is 0.00000121. The van der Waals surface area contributed by atoms with Crippen LogP contribution >= 0.6 is 24.8 Å². The molecule has 6 heteroatoms. The SMILES string of the molecule is Cl.Cl.OC[C@H](c1ccccc1)N1CCCCC1C1(O)CNC1. The first kappa shape index (κ1) is 19.7. The van der Waals surface area contributed by atoms with E-state index in [1.165, 1.54) is 0 Å². The van der Waals surface area contributed by atoms with E-state index in [4.69, 9.17) is 0 Å². The lowest BCUT2D eigenvalue weighted by Crippen LogP contribution is -2.70. The van der Waals surface area contributed by atoms with Gasteiger partial charge in [-0.15, -0.1) is 24.8 Å². The third-order valence-electron chi connectivity index (χ3n) is 4.78. The maximum atomic E-state index is 10.7. The standard InChI is InChI=1S/C16H24N2O2.2ClH/c19-10-14(13-6-2-1-3-7-13)18-9-5-4-8-15(18)16(20)11-17-12-16;;/h1-3,6-7,14-15,17,19-20H,4-5,8-12H2;2*1H/t14-,15?;;/m1../s1. The topological polar surface area (TPSA) is 55.7 Å². The summed E-state index contributed by atoms with van der Waals surface area (Å²) in [5.41, 5.74) is 0.514. The van der Waals surface area contributed by atoms with Crippen LogP contribution in [-0.2, 0) is 0 Å². The third kappa shape index (κ3) is 3.75. The second-order valence-electron chi connectivity index (χ2n) is 6.07. The molecule has 22 heavy (non-hydrogen) atoms. The zero-order chi connectivity index (χ0) is 14.0. The van der Waals surface area contributed by atoms with Gasteiger partial charge >= 0.3 is 0 Å². The van der Waals surface area contributed by atoms with Gasteiger partial charge in [0.2, 0.25) is 0 Å². The number of piperidine rings is 1.